The summed E-state index contributed by atoms with van der Waals surface area (Å²) in [5.74, 6) is -0.443. The van der Waals surface area contributed by atoms with Gasteiger partial charge in [0.15, 0.2) is 0 Å². The number of hydrogen-bond donors (Lipinski definition) is 1. The Morgan fingerprint density at radius 3 is 2.85 bits per heavy atom. The molecule has 6 heteroatoms. The Morgan fingerprint density at radius 1 is 1.35 bits per heavy atom. The maximum absolute atomic E-state index is 12.5. The predicted molar refractivity (Wildman–Crippen MR) is 72.7 cm³/mol. The third-order valence-corrected chi connectivity index (χ3v) is 2.89. The molecule has 20 heavy (non-hydrogen) atoms. The second-order valence-corrected chi connectivity index (χ2v) is 4.34. The van der Waals surface area contributed by atoms with Crippen molar-refractivity contribution < 1.29 is 13.6 Å². The minimum Gasteiger partial charge on any atom is -0.332 e. The van der Waals surface area contributed by atoms with Gasteiger partial charge in [0, 0.05) is 30.2 Å². The number of carbonyl (C=O) groups is 1. The molecule has 0 bridgehead atoms. The number of fused-ring (bicyclic) bond motifs is 1. The largest absolute Gasteiger partial charge is 0.332 e. The predicted octanol–water partition coefficient (Wildman–Crippen LogP) is 1.90. The van der Waals surface area contributed by atoms with E-state index in [0.29, 0.717) is 5.56 Å². The van der Waals surface area contributed by atoms with E-state index in [1.807, 2.05) is 6.07 Å². The number of benzene rings is 1. The Hall–Kier alpha value is -2.08. The zero-order valence-corrected chi connectivity index (χ0v) is 10.8. The molecule has 0 fully saturated rings. The third kappa shape index (κ3) is 3.27. The monoisotopic (exact) mass is 279 g/mol. The number of pyridine rings is 1. The highest BCUT2D eigenvalue weighted by molar-refractivity contribution is 5.97. The summed E-state index contributed by atoms with van der Waals surface area (Å²) in [4.78, 5) is 17.4. The van der Waals surface area contributed by atoms with Gasteiger partial charge in [-0.05, 0) is 24.3 Å². The summed E-state index contributed by atoms with van der Waals surface area (Å²) in [6, 6.07) is 8.52. The molecule has 0 aliphatic heterocycles. The van der Waals surface area contributed by atoms with Crippen LogP contribution in [0.3, 0.4) is 0 Å². The summed E-state index contributed by atoms with van der Waals surface area (Å²) in [6.07, 6.45) is -0.922. The van der Waals surface area contributed by atoms with Crippen LogP contribution in [-0.2, 0) is 0 Å². The number of rotatable bonds is 5. The maximum Gasteiger partial charge on any atom is 0.255 e. The summed E-state index contributed by atoms with van der Waals surface area (Å²) < 4.78 is 25.0. The lowest BCUT2D eigenvalue weighted by Gasteiger charge is -2.21. The van der Waals surface area contributed by atoms with Gasteiger partial charge in [-0.2, -0.15) is 0 Å². The number of halogens is 2. The van der Waals surface area contributed by atoms with Crippen LogP contribution >= 0.6 is 0 Å². The lowest BCUT2D eigenvalue weighted by atomic mass is 10.1. The molecular weight excluding hydrogens is 264 g/mol. The van der Waals surface area contributed by atoms with Crippen molar-refractivity contribution in [2.24, 2.45) is 5.73 Å². The molecule has 1 aromatic carbocycles. The molecule has 0 saturated carbocycles. The molecule has 2 rings (SSSR count). The Labute approximate surface area is 115 Å². The van der Waals surface area contributed by atoms with Crippen molar-refractivity contribution >= 4 is 16.8 Å². The Kier molecular flexibility index (Phi) is 4.57. The molecule has 2 aromatic rings. The fraction of sp³-hybridized carbons (Fsp3) is 0.286. The number of hydrogen-bond acceptors (Lipinski definition) is 3. The van der Waals surface area contributed by atoms with Crippen molar-refractivity contribution in [2.75, 3.05) is 19.6 Å². The van der Waals surface area contributed by atoms with E-state index in [2.05, 4.69) is 4.98 Å². The first-order chi connectivity index (χ1) is 9.61. The van der Waals surface area contributed by atoms with Gasteiger partial charge in [-0.25, -0.2) is 8.78 Å². The number of nitrogens with zero attached hydrogens (tertiary/aromatic N) is 2. The normalized spacial score (nSPS) is 11.0. The molecule has 0 radical (unpaired) electrons. The van der Waals surface area contributed by atoms with E-state index < -0.39 is 18.9 Å². The Bertz CT molecular complexity index is 604. The number of alkyl halides is 2. The van der Waals surface area contributed by atoms with Crippen LogP contribution in [0.2, 0.25) is 0 Å². The molecule has 4 nitrogen and oxygen atoms in total. The molecule has 0 unspecified atom stereocenters. The van der Waals surface area contributed by atoms with Crippen molar-refractivity contribution in [2.45, 2.75) is 6.43 Å². The van der Waals surface area contributed by atoms with E-state index in [-0.39, 0.29) is 13.1 Å². The molecule has 0 aliphatic carbocycles. The van der Waals surface area contributed by atoms with Crippen molar-refractivity contribution in [1.82, 2.24) is 9.88 Å². The van der Waals surface area contributed by atoms with Gasteiger partial charge in [-0.1, -0.05) is 6.07 Å². The standard InChI is InChI=1S/C14H15F2N3O/c15-13(16)9-19(7-5-17)14(20)11-3-4-12-10(8-11)2-1-6-18-12/h1-4,6,8,13H,5,7,9,17H2. The molecule has 1 amide bonds. The van der Waals surface area contributed by atoms with Gasteiger partial charge in [0.05, 0.1) is 12.1 Å². The van der Waals surface area contributed by atoms with Gasteiger partial charge in [0.2, 0.25) is 0 Å². The van der Waals surface area contributed by atoms with Gasteiger partial charge in [0.25, 0.3) is 12.3 Å². The quantitative estimate of drug-likeness (QED) is 0.909. The van der Waals surface area contributed by atoms with Crippen LogP contribution in [0.1, 0.15) is 10.4 Å². The average Bonchev–Trinajstić information content (AvgIpc) is 2.45. The molecule has 1 aromatic heterocycles. The van der Waals surface area contributed by atoms with Crippen LogP contribution in [0.5, 0.6) is 0 Å². The van der Waals surface area contributed by atoms with Gasteiger partial charge < -0.3 is 10.6 Å². The first-order valence-electron chi connectivity index (χ1n) is 6.24. The van der Waals surface area contributed by atoms with E-state index in [9.17, 15) is 13.6 Å². The Balaban J connectivity index is 2.28. The fourth-order valence-corrected chi connectivity index (χ4v) is 1.99. The summed E-state index contributed by atoms with van der Waals surface area (Å²) in [7, 11) is 0. The second kappa shape index (κ2) is 6.38. The fourth-order valence-electron chi connectivity index (χ4n) is 1.99. The van der Waals surface area contributed by atoms with Gasteiger partial charge in [-0.15, -0.1) is 0 Å². The van der Waals surface area contributed by atoms with Crippen LogP contribution in [0.15, 0.2) is 36.5 Å². The summed E-state index contributed by atoms with van der Waals surface area (Å²) in [6.45, 7) is -0.358. The van der Waals surface area contributed by atoms with E-state index >= 15 is 0 Å². The molecule has 0 saturated heterocycles. The van der Waals surface area contributed by atoms with E-state index in [1.54, 1.807) is 30.5 Å². The first kappa shape index (κ1) is 14.3. The van der Waals surface area contributed by atoms with Gasteiger partial charge in [0.1, 0.15) is 0 Å². The van der Waals surface area contributed by atoms with Crippen LogP contribution < -0.4 is 5.73 Å². The summed E-state index contributed by atoms with van der Waals surface area (Å²) >= 11 is 0. The molecule has 0 atom stereocenters. The lowest BCUT2D eigenvalue weighted by molar-refractivity contribution is 0.0563. The minimum absolute atomic E-state index is 0.105. The number of carbonyl (C=O) groups excluding carboxylic acids is 1. The lowest BCUT2D eigenvalue weighted by Crippen LogP contribution is -2.38. The molecule has 0 aliphatic rings. The summed E-state index contributed by atoms with van der Waals surface area (Å²) in [5.41, 5.74) is 6.48. The maximum atomic E-state index is 12.5. The number of aromatic nitrogens is 1. The molecule has 2 N–H and O–H groups in total. The van der Waals surface area contributed by atoms with Gasteiger partial charge >= 0.3 is 0 Å². The highest BCUT2D eigenvalue weighted by Gasteiger charge is 2.19. The number of nitrogens with two attached hydrogens (primary N) is 1. The van der Waals surface area contributed by atoms with E-state index in [4.69, 9.17) is 5.73 Å². The van der Waals surface area contributed by atoms with Crippen molar-refractivity contribution in [3.05, 3.63) is 42.1 Å². The highest BCUT2D eigenvalue weighted by Crippen LogP contribution is 2.15. The number of amides is 1. The van der Waals surface area contributed by atoms with Crippen molar-refractivity contribution in [3.8, 4) is 0 Å². The van der Waals surface area contributed by atoms with E-state index in [1.165, 1.54) is 0 Å². The Morgan fingerprint density at radius 2 is 2.15 bits per heavy atom. The zero-order chi connectivity index (χ0) is 14.5. The second-order valence-electron chi connectivity index (χ2n) is 4.34. The smallest absolute Gasteiger partial charge is 0.255 e. The molecular formula is C14H15F2N3O. The van der Waals surface area contributed by atoms with Crippen LogP contribution in [0, 0.1) is 0 Å². The van der Waals surface area contributed by atoms with Crippen molar-refractivity contribution in [3.63, 3.8) is 0 Å². The van der Waals surface area contributed by atoms with Crippen LogP contribution in [0.25, 0.3) is 10.9 Å². The van der Waals surface area contributed by atoms with Crippen LogP contribution in [0.4, 0.5) is 8.78 Å². The van der Waals surface area contributed by atoms with Gasteiger partial charge in [-0.3, -0.25) is 9.78 Å². The SMILES string of the molecule is NCCN(CC(F)F)C(=O)c1ccc2ncccc2c1. The first-order valence-corrected chi connectivity index (χ1v) is 6.24. The topological polar surface area (TPSA) is 59.2 Å². The highest BCUT2D eigenvalue weighted by atomic mass is 19.3. The molecule has 1 heterocycles. The summed E-state index contributed by atoms with van der Waals surface area (Å²) in [5, 5.41) is 0.795. The molecule has 106 valence electrons. The van der Waals surface area contributed by atoms with E-state index in [0.717, 1.165) is 15.8 Å². The minimum atomic E-state index is -2.58. The zero-order valence-electron chi connectivity index (χ0n) is 10.8. The third-order valence-electron chi connectivity index (χ3n) is 2.89. The molecule has 0 spiro atoms. The van der Waals surface area contributed by atoms with Crippen molar-refractivity contribution in [1.29, 1.82) is 0 Å². The average molecular weight is 279 g/mol. The van der Waals surface area contributed by atoms with Crippen LogP contribution in [-0.4, -0.2) is 41.9 Å².